The number of amides is 1. The average Bonchev–Trinajstić information content (AvgIpc) is 2.47. The molecule has 1 aliphatic carbocycles. The van der Waals surface area contributed by atoms with E-state index in [1.807, 2.05) is 4.90 Å². The first-order valence-electron chi connectivity index (χ1n) is 7.36. The minimum atomic E-state index is -4.19. The summed E-state index contributed by atoms with van der Waals surface area (Å²) in [5.41, 5.74) is 0. The van der Waals surface area contributed by atoms with Crippen molar-refractivity contribution in [2.75, 3.05) is 32.7 Å². The van der Waals surface area contributed by atoms with Crippen LogP contribution in [0.5, 0.6) is 0 Å². The third-order valence-corrected chi connectivity index (χ3v) is 4.46. The topological polar surface area (TPSA) is 47.3 Å². The molecule has 7 heteroatoms. The molecule has 0 spiro atoms. The number of nitrogens with zero attached hydrogens (tertiary/aromatic N) is 3. The summed E-state index contributed by atoms with van der Waals surface area (Å²) in [5.74, 6) is -1.96. The third kappa shape index (κ3) is 4.10. The van der Waals surface area contributed by atoms with Crippen LogP contribution < -0.4 is 0 Å². The van der Waals surface area contributed by atoms with E-state index in [1.54, 1.807) is 4.90 Å². The standard InChI is InChI=1S/C14H20F3N3O/c15-14(16,17)12-3-1-2-11(10-12)13(21)20-8-6-19(5-4-18)7-9-20/h11-12H,1-3,5-10H2. The lowest BCUT2D eigenvalue weighted by Crippen LogP contribution is -2.51. The number of carbonyl (C=O) groups excluding carboxylic acids is 1. The van der Waals surface area contributed by atoms with E-state index in [9.17, 15) is 18.0 Å². The molecule has 1 amide bonds. The van der Waals surface area contributed by atoms with E-state index in [2.05, 4.69) is 6.07 Å². The molecule has 2 rings (SSSR count). The predicted octanol–water partition coefficient (Wildman–Crippen LogP) is 2.02. The fraction of sp³-hybridized carbons (Fsp3) is 0.857. The van der Waals surface area contributed by atoms with Crippen LogP contribution in [0.4, 0.5) is 13.2 Å². The summed E-state index contributed by atoms with van der Waals surface area (Å²) in [6, 6.07) is 2.06. The second-order valence-electron chi connectivity index (χ2n) is 5.86. The zero-order valence-electron chi connectivity index (χ0n) is 11.9. The fourth-order valence-electron chi connectivity index (χ4n) is 3.20. The minimum absolute atomic E-state index is 0.0687. The molecule has 0 aromatic carbocycles. The molecule has 1 heterocycles. The SMILES string of the molecule is N#CCN1CCN(C(=O)C2CCCC(C(F)(F)F)C2)CC1. The average molecular weight is 303 g/mol. The molecule has 2 unspecified atom stereocenters. The maximum atomic E-state index is 12.8. The van der Waals surface area contributed by atoms with Gasteiger partial charge in [0.2, 0.25) is 5.91 Å². The molecule has 21 heavy (non-hydrogen) atoms. The van der Waals surface area contributed by atoms with E-state index >= 15 is 0 Å². The Morgan fingerprint density at radius 1 is 1.19 bits per heavy atom. The van der Waals surface area contributed by atoms with Crippen LogP contribution in [-0.2, 0) is 4.79 Å². The first-order valence-corrected chi connectivity index (χ1v) is 7.36. The van der Waals surface area contributed by atoms with Gasteiger partial charge in [-0.25, -0.2) is 0 Å². The van der Waals surface area contributed by atoms with Gasteiger partial charge in [-0.05, 0) is 19.3 Å². The Labute approximate surface area is 122 Å². The van der Waals surface area contributed by atoms with Crippen molar-refractivity contribution in [1.82, 2.24) is 9.80 Å². The van der Waals surface area contributed by atoms with Crippen LogP contribution in [0.3, 0.4) is 0 Å². The van der Waals surface area contributed by atoms with Crippen LogP contribution in [0.1, 0.15) is 25.7 Å². The van der Waals surface area contributed by atoms with Gasteiger partial charge in [-0.1, -0.05) is 6.42 Å². The highest BCUT2D eigenvalue weighted by atomic mass is 19.4. The van der Waals surface area contributed by atoms with Crippen molar-refractivity contribution in [3.8, 4) is 6.07 Å². The van der Waals surface area contributed by atoms with Crippen molar-refractivity contribution in [2.45, 2.75) is 31.9 Å². The number of hydrogen-bond acceptors (Lipinski definition) is 3. The Morgan fingerprint density at radius 2 is 1.86 bits per heavy atom. The molecule has 2 atom stereocenters. The van der Waals surface area contributed by atoms with Gasteiger partial charge in [0, 0.05) is 32.1 Å². The molecule has 1 aliphatic heterocycles. The summed E-state index contributed by atoms with van der Waals surface area (Å²) in [5, 5.41) is 8.62. The van der Waals surface area contributed by atoms with Crippen LogP contribution in [0.25, 0.3) is 0 Å². The quantitative estimate of drug-likeness (QED) is 0.733. The van der Waals surface area contributed by atoms with Crippen molar-refractivity contribution < 1.29 is 18.0 Å². The highest BCUT2D eigenvalue weighted by Crippen LogP contribution is 2.40. The zero-order valence-corrected chi connectivity index (χ0v) is 11.9. The number of piperazine rings is 1. The van der Waals surface area contributed by atoms with Crippen molar-refractivity contribution in [3.05, 3.63) is 0 Å². The number of nitriles is 1. The maximum Gasteiger partial charge on any atom is 0.391 e. The highest BCUT2D eigenvalue weighted by molar-refractivity contribution is 5.79. The van der Waals surface area contributed by atoms with E-state index in [0.29, 0.717) is 45.6 Å². The zero-order chi connectivity index (χ0) is 15.5. The van der Waals surface area contributed by atoms with E-state index in [1.165, 1.54) is 0 Å². The number of alkyl halides is 3. The first kappa shape index (κ1) is 16.1. The second-order valence-corrected chi connectivity index (χ2v) is 5.86. The van der Waals surface area contributed by atoms with Crippen LogP contribution in [-0.4, -0.2) is 54.6 Å². The molecule has 2 aliphatic rings. The Hall–Kier alpha value is -1.29. The molecule has 0 N–H and O–H groups in total. The molecule has 0 radical (unpaired) electrons. The molecule has 0 aromatic rings. The van der Waals surface area contributed by atoms with Crippen LogP contribution in [0, 0.1) is 23.2 Å². The molecule has 1 saturated carbocycles. The normalized spacial score (nSPS) is 28.2. The molecular weight excluding hydrogens is 283 g/mol. The summed E-state index contributed by atoms with van der Waals surface area (Å²) in [7, 11) is 0. The van der Waals surface area contributed by atoms with Gasteiger partial charge < -0.3 is 4.90 Å². The fourth-order valence-corrected chi connectivity index (χ4v) is 3.20. The Bertz CT molecular complexity index is 411. The molecule has 0 bridgehead atoms. The molecule has 0 aromatic heterocycles. The number of carbonyl (C=O) groups is 1. The van der Waals surface area contributed by atoms with Gasteiger partial charge in [-0.15, -0.1) is 0 Å². The number of hydrogen-bond donors (Lipinski definition) is 0. The van der Waals surface area contributed by atoms with E-state index in [4.69, 9.17) is 5.26 Å². The maximum absolute atomic E-state index is 12.8. The van der Waals surface area contributed by atoms with E-state index in [0.717, 1.165) is 0 Å². The Balaban J connectivity index is 1.87. The lowest BCUT2D eigenvalue weighted by atomic mass is 9.80. The summed E-state index contributed by atoms with van der Waals surface area (Å²) >= 11 is 0. The lowest BCUT2D eigenvalue weighted by Gasteiger charge is -2.37. The van der Waals surface area contributed by atoms with Crippen LogP contribution in [0.2, 0.25) is 0 Å². The predicted molar refractivity (Wildman–Crippen MR) is 70.1 cm³/mol. The largest absolute Gasteiger partial charge is 0.391 e. The lowest BCUT2D eigenvalue weighted by molar-refractivity contribution is -0.187. The summed E-state index contributed by atoms with van der Waals surface area (Å²) < 4.78 is 38.4. The van der Waals surface area contributed by atoms with E-state index < -0.39 is 18.0 Å². The Kier molecular flexibility index (Phi) is 5.09. The van der Waals surface area contributed by atoms with Gasteiger partial charge in [0.1, 0.15) is 0 Å². The second kappa shape index (κ2) is 6.65. The molecule has 2 fully saturated rings. The summed E-state index contributed by atoms with van der Waals surface area (Å²) in [6.45, 7) is 2.59. The smallest absolute Gasteiger partial charge is 0.340 e. The third-order valence-electron chi connectivity index (χ3n) is 4.46. The van der Waals surface area contributed by atoms with Crippen molar-refractivity contribution in [1.29, 1.82) is 5.26 Å². The molecule has 118 valence electrons. The highest BCUT2D eigenvalue weighted by Gasteiger charge is 2.44. The monoisotopic (exact) mass is 303 g/mol. The van der Waals surface area contributed by atoms with Gasteiger partial charge in [0.25, 0.3) is 0 Å². The summed E-state index contributed by atoms with van der Waals surface area (Å²) in [4.78, 5) is 16.0. The van der Waals surface area contributed by atoms with Crippen molar-refractivity contribution in [2.24, 2.45) is 11.8 Å². The van der Waals surface area contributed by atoms with Crippen LogP contribution in [0.15, 0.2) is 0 Å². The van der Waals surface area contributed by atoms with Gasteiger partial charge in [-0.2, -0.15) is 18.4 Å². The van der Waals surface area contributed by atoms with Gasteiger partial charge in [0.05, 0.1) is 18.5 Å². The number of rotatable bonds is 2. The van der Waals surface area contributed by atoms with Gasteiger partial charge in [-0.3, -0.25) is 9.69 Å². The van der Waals surface area contributed by atoms with E-state index in [-0.39, 0.29) is 18.7 Å². The first-order chi connectivity index (χ1) is 9.91. The number of halogens is 3. The molecular formula is C14H20F3N3O. The van der Waals surface area contributed by atoms with Crippen molar-refractivity contribution >= 4 is 5.91 Å². The minimum Gasteiger partial charge on any atom is -0.340 e. The van der Waals surface area contributed by atoms with Gasteiger partial charge >= 0.3 is 6.18 Å². The Morgan fingerprint density at radius 3 is 2.43 bits per heavy atom. The molecule has 1 saturated heterocycles. The van der Waals surface area contributed by atoms with Crippen LogP contribution >= 0.6 is 0 Å². The van der Waals surface area contributed by atoms with Gasteiger partial charge in [0.15, 0.2) is 0 Å². The summed E-state index contributed by atoms with van der Waals surface area (Å²) in [6.07, 6.45) is -3.09. The van der Waals surface area contributed by atoms with Crippen molar-refractivity contribution in [3.63, 3.8) is 0 Å². The molecule has 4 nitrogen and oxygen atoms in total.